The third-order valence-electron chi connectivity index (χ3n) is 4.60. The number of non-ortho nitro benzene ring substituents is 1. The van der Waals surface area contributed by atoms with E-state index in [0.29, 0.717) is 28.4 Å². The highest BCUT2D eigenvalue weighted by molar-refractivity contribution is 7.80. The number of nitro groups is 1. The molecule has 8 heteroatoms. The van der Waals surface area contributed by atoms with Gasteiger partial charge in [0.05, 0.1) is 4.92 Å². The summed E-state index contributed by atoms with van der Waals surface area (Å²) in [5, 5.41) is 19.7. The molecule has 0 atom stereocenters. The molecule has 3 aromatic carbocycles. The highest BCUT2D eigenvalue weighted by Crippen LogP contribution is 2.23. The highest BCUT2D eigenvalue weighted by atomic mass is 32.1. The highest BCUT2D eigenvalue weighted by Gasteiger charge is 2.10. The largest absolute Gasteiger partial charge is 0.436 e. The molecule has 0 aliphatic rings. The first kappa shape index (κ1) is 20.2. The molecule has 7 nitrogen and oxygen atoms in total. The Morgan fingerprint density at radius 2 is 1.71 bits per heavy atom. The molecular weight excluding hydrogens is 412 g/mol. The van der Waals surface area contributed by atoms with Crippen molar-refractivity contribution in [2.45, 2.75) is 6.54 Å². The molecule has 0 unspecified atom stereocenters. The number of nitrogens with zero attached hydrogens (tertiary/aromatic N) is 2. The predicted molar refractivity (Wildman–Crippen MR) is 123 cm³/mol. The first-order valence-corrected chi connectivity index (χ1v) is 9.90. The second-order valence-corrected chi connectivity index (χ2v) is 7.11. The van der Waals surface area contributed by atoms with Crippen LogP contribution in [0.1, 0.15) is 5.56 Å². The van der Waals surface area contributed by atoms with Gasteiger partial charge in [0.1, 0.15) is 5.58 Å². The van der Waals surface area contributed by atoms with Crippen molar-refractivity contribution in [3.8, 4) is 11.1 Å². The number of rotatable bonds is 5. The Labute approximate surface area is 183 Å². The zero-order valence-corrected chi connectivity index (χ0v) is 17.1. The van der Waals surface area contributed by atoms with Crippen molar-refractivity contribution in [1.82, 2.24) is 10.7 Å². The van der Waals surface area contributed by atoms with E-state index in [-0.39, 0.29) is 5.69 Å². The van der Waals surface area contributed by atoms with Crippen LogP contribution in [0.4, 0.5) is 5.69 Å². The van der Waals surface area contributed by atoms with Gasteiger partial charge in [-0.05, 0) is 47.6 Å². The molecule has 31 heavy (non-hydrogen) atoms. The average Bonchev–Trinajstić information content (AvgIpc) is 2.81. The summed E-state index contributed by atoms with van der Waals surface area (Å²) in [4.78, 5) is 10.5. The van der Waals surface area contributed by atoms with Gasteiger partial charge in [-0.15, -0.1) is 5.10 Å². The summed E-state index contributed by atoms with van der Waals surface area (Å²) in [5.74, 6) is 0. The van der Waals surface area contributed by atoms with Crippen LogP contribution in [0.5, 0.6) is 0 Å². The van der Waals surface area contributed by atoms with Gasteiger partial charge < -0.3 is 9.73 Å². The fourth-order valence-electron chi connectivity index (χ4n) is 3.04. The van der Waals surface area contributed by atoms with Gasteiger partial charge in [-0.3, -0.25) is 15.5 Å². The van der Waals surface area contributed by atoms with Crippen molar-refractivity contribution in [1.29, 1.82) is 0 Å². The molecule has 1 aromatic heterocycles. The van der Waals surface area contributed by atoms with Crippen molar-refractivity contribution in [3.05, 3.63) is 106 Å². The zero-order chi connectivity index (χ0) is 21.6. The average molecular weight is 430 g/mol. The normalized spacial score (nSPS) is 11.3. The van der Waals surface area contributed by atoms with Crippen LogP contribution in [-0.4, -0.2) is 10.0 Å². The molecule has 2 N–H and O–H groups in total. The van der Waals surface area contributed by atoms with Crippen LogP contribution >= 0.6 is 12.2 Å². The number of hydrogen-bond acceptors (Lipinski definition) is 5. The summed E-state index contributed by atoms with van der Waals surface area (Å²) >= 11 is 5.32. The van der Waals surface area contributed by atoms with E-state index in [2.05, 4.69) is 15.8 Å². The molecule has 0 saturated heterocycles. The minimum Gasteiger partial charge on any atom is -0.436 e. The van der Waals surface area contributed by atoms with E-state index in [1.54, 1.807) is 12.1 Å². The van der Waals surface area contributed by atoms with Crippen molar-refractivity contribution in [2.75, 3.05) is 0 Å². The maximum Gasteiger partial charge on any atom is 0.269 e. The maximum atomic E-state index is 11.0. The molecule has 0 aliphatic heterocycles. The molecule has 4 rings (SSSR count). The number of nitrogens with one attached hydrogen (secondary N) is 2. The Bertz CT molecular complexity index is 1300. The topological polar surface area (TPSA) is 92.7 Å². The lowest BCUT2D eigenvalue weighted by Gasteiger charge is -2.08. The second-order valence-electron chi connectivity index (χ2n) is 6.70. The summed E-state index contributed by atoms with van der Waals surface area (Å²) in [6.07, 6.45) is 0. The van der Waals surface area contributed by atoms with Crippen LogP contribution in [0, 0.1) is 10.1 Å². The van der Waals surface area contributed by atoms with Crippen LogP contribution < -0.4 is 16.3 Å². The van der Waals surface area contributed by atoms with Crippen LogP contribution in [0.3, 0.4) is 0 Å². The van der Waals surface area contributed by atoms with Gasteiger partial charge >= 0.3 is 0 Å². The summed E-state index contributed by atoms with van der Waals surface area (Å²) in [7, 11) is 0. The minimum atomic E-state index is -0.432. The van der Waals surface area contributed by atoms with E-state index in [4.69, 9.17) is 16.6 Å². The summed E-state index contributed by atoms with van der Waals surface area (Å²) in [5.41, 5.74) is 6.33. The number of nitro benzene ring substituents is 1. The lowest BCUT2D eigenvalue weighted by molar-refractivity contribution is -0.384. The van der Waals surface area contributed by atoms with E-state index in [1.165, 1.54) is 12.1 Å². The van der Waals surface area contributed by atoms with Gasteiger partial charge in [0.25, 0.3) is 5.69 Å². The van der Waals surface area contributed by atoms with Crippen molar-refractivity contribution in [3.63, 3.8) is 0 Å². The maximum absolute atomic E-state index is 11.0. The Morgan fingerprint density at radius 1 is 1.00 bits per heavy atom. The molecule has 0 radical (unpaired) electrons. The van der Waals surface area contributed by atoms with Crippen molar-refractivity contribution in [2.24, 2.45) is 5.10 Å². The van der Waals surface area contributed by atoms with Crippen molar-refractivity contribution >= 4 is 34.0 Å². The van der Waals surface area contributed by atoms with E-state index in [1.807, 2.05) is 60.7 Å². The van der Waals surface area contributed by atoms with Crippen LogP contribution in [0.25, 0.3) is 22.1 Å². The monoisotopic (exact) mass is 430 g/mol. The molecule has 1 heterocycles. The van der Waals surface area contributed by atoms with Crippen LogP contribution in [0.2, 0.25) is 0 Å². The van der Waals surface area contributed by atoms with Crippen molar-refractivity contribution < 1.29 is 9.34 Å². The van der Waals surface area contributed by atoms with E-state index in [0.717, 1.165) is 16.5 Å². The molecule has 0 spiro atoms. The first-order valence-electron chi connectivity index (χ1n) is 9.49. The molecule has 154 valence electrons. The van der Waals surface area contributed by atoms with Gasteiger partial charge in [-0.25, -0.2) is 0 Å². The lowest BCUT2D eigenvalue weighted by atomic mass is 10.1. The lowest BCUT2D eigenvalue weighted by Crippen LogP contribution is -2.33. The molecular formula is C23H18N4O3S. The SMILES string of the molecule is O=[N+]([O-])c1ccc(-c2cc3ccccc3o/c2=N/NC(=S)NCc2ccccc2)cc1. The molecule has 4 aromatic rings. The predicted octanol–water partition coefficient (Wildman–Crippen LogP) is 4.49. The van der Waals surface area contributed by atoms with E-state index >= 15 is 0 Å². The Balaban J connectivity index is 1.64. The van der Waals surface area contributed by atoms with Crippen LogP contribution in [0.15, 0.2) is 94.4 Å². The second kappa shape index (κ2) is 9.19. The summed E-state index contributed by atoms with van der Waals surface area (Å²) in [6.45, 7) is 0.562. The van der Waals surface area contributed by atoms with Gasteiger partial charge in [0.2, 0.25) is 5.55 Å². The number of para-hydroxylation sites is 1. The number of fused-ring (bicyclic) bond motifs is 1. The fourth-order valence-corrected chi connectivity index (χ4v) is 3.16. The van der Waals surface area contributed by atoms with E-state index < -0.39 is 4.92 Å². The third kappa shape index (κ3) is 4.93. The Morgan fingerprint density at radius 3 is 2.45 bits per heavy atom. The summed E-state index contributed by atoms with van der Waals surface area (Å²) in [6, 6.07) is 25.6. The molecule has 0 aliphatic carbocycles. The minimum absolute atomic E-state index is 0.0179. The number of thiocarbonyl (C=S) groups is 1. The van der Waals surface area contributed by atoms with E-state index in [9.17, 15) is 10.1 Å². The standard InChI is InChI=1S/C23H18N4O3S/c28-27(29)19-12-10-17(11-13-19)20-14-18-8-4-5-9-21(18)30-22(20)25-26-23(31)24-15-16-6-2-1-3-7-16/h1-14H,15H2,(H2,24,26,31)/b25-22+. The van der Waals surface area contributed by atoms with Gasteiger partial charge in [0.15, 0.2) is 5.11 Å². The Kier molecular flexibility index (Phi) is 6.00. The fraction of sp³-hybridized carbons (Fsp3) is 0.0435. The van der Waals surface area contributed by atoms with Gasteiger partial charge in [-0.2, -0.15) is 0 Å². The van der Waals surface area contributed by atoms with Crippen LogP contribution in [-0.2, 0) is 6.54 Å². The molecule has 0 bridgehead atoms. The molecule has 0 amide bonds. The van der Waals surface area contributed by atoms with Gasteiger partial charge in [0, 0.05) is 29.6 Å². The number of benzene rings is 3. The molecule has 0 saturated carbocycles. The Hall–Kier alpha value is -4.04. The first-order chi connectivity index (χ1) is 15.1. The van der Waals surface area contributed by atoms with Gasteiger partial charge in [-0.1, -0.05) is 48.5 Å². The third-order valence-corrected chi connectivity index (χ3v) is 4.84. The number of hydrogen-bond donors (Lipinski definition) is 2. The summed E-state index contributed by atoms with van der Waals surface area (Å²) < 4.78 is 5.99. The smallest absolute Gasteiger partial charge is 0.269 e. The molecule has 0 fully saturated rings. The zero-order valence-electron chi connectivity index (χ0n) is 16.3. The quantitative estimate of drug-likeness (QED) is 0.275.